The van der Waals surface area contributed by atoms with Crippen molar-refractivity contribution in [3.8, 4) is 50.2 Å². The second-order valence-corrected chi connectivity index (χ2v) is 17.2. The molecule has 0 aliphatic carbocycles. The van der Waals surface area contributed by atoms with Crippen LogP contribution in [0.4, 0.5) is 17.1 Å². The van der Waals surface area contributed by atoms with E-state index in [2.05, 4.69) is 258 Å². The summed E-state index contributed by atoms with van der Waals surface area (Å²) in [4.78, 5) is 2.46. The van der Waals surface area contributed by atoms with E-state index in [-0.39, 0.29) is 0 Å². The fraction of sp³-hybridized carbons (Fsp3) is 0. The summed E-state index contributed by atoms with van der Waals surface area (Å²) in [5, 5.41) is 7.10. The van der Waals surface area contributed by atoms with Gasteiger partial charge in [-0.3, -0.25) is 0 Å². The number of anilines is 3. The summed E-state index contributed by atoms with van der Waals surface area (Å²) in [6.07, 6.45) is 0. The molecule has 3 heteroatoms. The number of nitrogens with zero attached hydrogens (tertiary/aromatic N) is 2. The summed E-state index contributed by atoms with van der Waals surface area (Å²) < 4.78 is 9.13. The van der Waals surface area contributed by atoms with Crippen molar-refractivity contribution in [3.63, 3.8) is 0 Å². The molecule has 13 aromatic rings. The topological polar surface area (TPSA) is 21.3 Å². The third-order valence-electron chi connectivity index (χ3n) is 13.4. The first-order valence-corrected chi connectivity index (χ1v) is 22.9. The van der Waals surface area contributed by atoms with Crippen LogP contribution in [-0.2, 0) is 0 Å². The molecular weight excluding hydrogens is 813 g/mol. The largest absolute Gasteiger partial charge is 0.455 e. The van der Waals surface area contributed by atoms with Crippen LogP contribution >= 0.6 is 0 Å². The number of para-hydroxylation sites is 6. The van der Waals surface area contributed by atoms with Gasteiger partial charge in [-0.1, -0.05) is 200 Å². The Kier molecular flexibility index (Phi) is 9.17. The van der Waals surface area contributed by atoms with E-state index in [1.54, 1.807) is 0 Å². The molecule has 0 N–H and O–H groups in total. The number of hydrogen-bond acceptors (Lipinski definition) is 2. The van der Waals surface area contributed by atoms with Gasteiger partial charge in [-0.05, 0) is 93.2 Å². The van der Waals surface area contributed by atoms with Crippen LogP contribution in [0.3, 0.4) is 0 Å². The van der Waals surface area contributed by atoms with Gasteiger partial charge in [0.2, 0.25) is 0 Å². The number of benzene rings is 11. The molecule has 0 saturated heterocycles. The molecule has 67 heavy (non-hydrogen) atoms. The highest BCUT2D eigenvalue weighted by atomic mass is 16.3. The van der Waals surface area contributed by atoms with Gasteiger partial charge in [0.1, 0.15) is 11.2 Å². The van der Waals surface area contributed by atoms with Crippen molar-refractivity contribution in [1.29, 1.82) is 0 Å². The number of aromatic nitrogens is 1. The lowest BCUT2D eigenvalue weighted by atomic mass is 9.90. The molecular formula is C64H42N2O. The molecule has 0 bridgehead atoms. The van der Waals surface area contributed by atoms with Crippen LogP contribution in [-0.4, -0.2) is 4.57 Å². The Labute approximate surface area is 388 Å². The van der Waals surface area contributed by atoms with Crippen molar-refractivity contribution in [3.05, 3.63) is 255 Å². The van der Waals surface area contributed by atoms with Crippen molar-refractivity contribution < 1.29 is 4.42 Å². The van der Waals surface area contributed by atoms with Crippen LogP contribution in [0, 0.1) is 0 Å². The maximum atomic E-state index is 6.74. The van der Waals surface area contributed by atoms with E-state index in [0.29, 0.717) is 0 Å². The van der Waals surface area contributed by atoms with Gasteiger partial charge in [0.15, 0.2) is 0 Å². The van der Waals surface area contributed by atoms with E-state index >= 15 is 0 Å². The molecule has 0 aliphatic rings. The fourth-order valence-corrected chi connectivity index (χ4v) is 10.4. The first kappa shape index (κ1) is 38.5. The molecule has 13 rings (SSSR count). The Hall–Kier alpha value is -8.92. The van der Waals surface area contributed by atoms with Crippen molar-refractivity contribution in [2.75, 3.05) is 4.90 Å². The predicted octanol–water partition coefficient (Wildman–Crippen LogP) is 18.0. The summed E-state index contributed by atoms with van der Waals surface area (Å²) in [5.41, 5.74) is 17.5. The average Bonchev–Trinajstić information content (AvgIpc) is 3.95. The quantitative estimate of drug-likeness (QED) is 0.152. The van der Waals surface area contributed by atoms with E-state index in [4.69, 9.17) is 4.42 Å². The van der Waals surface area contributed by atoms with Crippen LogP contribution in [0.25, 0.3) is 105 Å². The highest BCUT2D eigenvalue weighted by Crippen LogP contribution is 2.49. The third-order valence-corrected chi connectivity index (χ3v) is 13.4. The van der Waals surface area contributed by atoms with Gasteiger partial charge < -0.3 is 13.9 Å². The lowest BCUT2D eigenvalue weighted by molar-refractivity contribution is 0.670. The summed E-state index contributed by atoms with van der Waals surface area (Å²) in [6.45, 7) is 0. The Morgan fingerprint density at radius 2 is 0.881 bits per heavy atom. The Morgan fingerprint density at radius 1 is 0.328 bits per heavy atom. The zero-order valence-corrected chi connectivity index (χ0v) is 36.6. The molecule has 0 saturated carbocycles. The van der Waals surface area contributed by atoms with E-state index in [9.17, 15) is 0 Å². The van der Waals surface area contributed by atoms with Crippen LogP contribution in [0.5, 0.6) is 0 Å². The molecule has 0 aliphatic heterocycles. The Balaban J connectivity index is 1.06. The molecule has 2 heterocycles. The van der Waals surface area contributed by atoms with Gasteiger partial charge in [0.05, 0.1) is 22.4 Å². The van der Waals surface area contributed by atoms with Crippen LogP contribution in [0.1, 0.15) is 0 Å². The Bertz CT molecular complexity index is 3990. The van der Waals surface area contributed by atoms with Crippen LogP contribution in [0.15, 0.2) is 259 Å². The fourth-order valence-electron chi connectivity index (χ4n) is 10.4. The monoisotopic (exact) mass is 854 g/mol. The first-order valence-electron chi connectivity index (χ1n) is 22.9. The molecule has 2 aromatic heterocycles. The molecule has 0 unspecified atom stereocenters. The second-order valence-electron chi connectivity index (χ2n) is 17.2. The molecule has 0 fully saturated rings. The zero-order chi connectivity index (χ0) is 44.3. The number of furan rings is 1. The van der Waals surface area contributed by atoms with Gasteiger partial charge in [0.25, 0.3) is 0 Å². The Morgan fingerprint density at radius 3 is 1.69 bits per heavy atom. The maximum Gasteiger partial charge on any atom is 0.143 e. The van der Waals surface area contributed by atoms with Crippen molar-refractivity contribution in [2.45, 2.75) is 0 Å². The smallest absolute Gasteiger partial charge is 0.143 e. The second kappa shape index (κ2) is 16.0. The van der Waals surface area contributed by atoms with Gasteiger partial charge in [0, 0.05) is 49.6 Å². The predicted molar refractivity (Wildman–Crippen MR) is 282 cm³/mol. The lowest BCUT2D eigenvalue weighted by Crippen LogP contribution is -2.12. The third kappa shape index (κ3) is 6.43. The standard InChI is InChI=1S/C64H42N2O/c1-3-19-43(20-4-1)49-31-16-21-44-22-17-32-55(63(44)49)51-28-8-12-36-59(51)66(60-37-13-9-29-52(60)56-33-18-34-57-54-30-10-14-38-62(54)67-64(56)57)48-26-15-23-45(41-48)46-39-40-53-50-27-7-11-35-58(50)65(61(53)42-46)47-24-5-2-6-25-47/h1-42H. The van der Waals surface area contributed by atoms with Gasteiger partial charge >= 0.3 is 0 Å². The molecule has 0 atom stereocenters. The van der Waals surface area contributed by atoms with Crippen molar-refractivity contribution in [1.82, 2.24) is 4.57 Å². The summed E-state index contributed by atoms with van der Waals surface area (Å²) in [6, 6.07) is 92.0. The van der Waals surface area contributed by atoms with E-state index < -0.39 is 0 Å². The maximum absolute atomic E-state index is 6.74. The summed E-state index contributed by atoms with van der Waals surface area (Å²) in [5.74, 6) is 0. The zero-order valence-electron chi connectivity index (χ0n) is 36.6. The molecule has 314 valence electrons. The highest BCUT2D eigenvalue weighted by molar-refractivity contribution is 6.13. The van der Waals surface area contributed by atoms with Gasteiger partial charge in [-0.15, -0.1) is 0 Å². The summed E-state index contributed by atoms with van der Waals surface area (Å²) >= 11 is 0. The van der Waals surface area contributed by atoms with E-state index in [1.165, 1.54) is 49.3 Å². The minimum atomic E-state index is 0.877. The van der Waals surface area contributed by atoms with E-state index in [0.717, 1.165) is 72.5 Å². The molecule has 0 spiro atoms. The van der Waals surface area contributed by atoms with Gasteiger partial charge in [-0.2, -0.15) is 0 Å². The minimum Gasteiger partial charge on any atom is -0.455 e. The van der Waals surface area contributed by atoms with Crippen molar-refractivity contribution >= 4 is 71.6 Å². The molecule has 3 nitrogen and oxygen atoms in total. The summed E-state index contributed by atoms with van der Waals surface area (Å²) in [7, 11) is 0. The normalized spacial score (nSPS) is 11.6. The van der Waals surface area contributed by atoms with E-state index in [1.807, 2.05) is 6.07 Å². The first-order chi connectivity index (χ1) is 33.3. The minimum absolute atomic E-state index is 0.877. The SMILES string of the molecule is c1ccc(-c2cccc3cccc(-c4ccccc4N(c4cccc(-c5ccc6c7ccccc7n(-c7ccccc7)c6c5)c4)c4ccccc4-c4cccc5c4oc4ccccc45)c23)cc1. The average molecular weight is 855 g/mol. The number of rotatable bonds is 8. The lowest BCUT2D eigenvalue weighted by Gasteiger charge is -2.30. The number of fused-ring (bicyclic) bond motifs is 7. The van der Waals surface area contributed by atoms with Crippen molar-refractivity contribution in [2.24, 2.45) is 0 Å². The number of hydrogen-bond donors (Lipinski definition) is 0. The van der Waals surface area contributed by atoms with Crippen LogP contribution in [0.2, 0.25) is 0 Å². The van der Waals surface area contributed by atoms with Crippen LogP contribution < -0.4 is 4.90 Å². The highest BCUT2D eigenvalue weighted by Gasteiger charge is 2.24. The molecule has 11 aromatic carbocycles. The van der Waals surface area contributed by atoms with Gasteiger partial charge in [-0.25, -0.2) is 0 Å². The molecule has 0 amide bonds. The molecule has 0 radical (unpaired) electrons.